The number of thioether (sulfide) groups is 1. The Hall–Kier alpha value is -1.03. The van der Waals surface area contributed by atoms with E-state index in [0.717, 1.165) is 4.90 Å². The van der Waals surface area contributed by atoms with Gasteiger partial charge in [-0.3, -0.25) is 0 Å². The van der Waals surface area contributed by atoms with Gasteiger partial charge in [0.05, 0.1) is 0 Å². The number of aromatic hydroxyl groups is 3. The van der Waals surface area contributed by atoms with E-state index in [2.05, 4.69) is 0 Å². The van der Waals surface area contributed by atoms with Gasteiger partial charge in [-0.1, -0.05) is 0 Å². The normalized spacial score (nSPS) is 10.2. The van der Waals surface area contributed by atoms with Crippen LogP contribution in [-0.4, -0.2) is 21.6 Å². The Kier molecular flexibility index (Phi) is 2.38. The molecule has 0 heterocycles. The fourth-order valence-corrected chi connectivity index (χ4v) is 1.56. The lowest BCUT2D eigenvalue weighted by Gasteiger charge is -2.07. The fourth-order valence-electron chi connectivity index (χ4n) is 0.928. The number of rotatable bonds is 1. The number of hydrogen-bond acceptors (Lipinski definition) is 4. The largest absolute Gasteiger partial charge is 0.504 e. The smallest absolute Gasteiger partial charge is 0.200 e. The Bertz CT molecular complexity index is 310. The summed E-state index contributed by atoms with van der Waals surface area (Å²) in [7, 11) is 0. The van der Waals surface area contributed by atoms with Gasteiger partial charge in [-0.05, 0) is 19.2 Å². The highest BCUT2D eigenvalue weighted by molar-refractivity contribution is 7.98. The number of benzene rings is 1. The van der Waals surface area contributed by atoms with Crippen LogP contribution in [0.2, 0.25) is 0 Å². The third kappa shape index (κ3) is 1.30. The molecule has 1 aromatic rings. The molecule has 1 aromatic carbocycles. The van der Waals surface area contributed by atoms with Crippen molar-refractivity contribution in [3.05, 3.63) is 11.6 Å². The molecule has 12 heavy (non-hydrogen) atoms. The maximum absolute atomic E-state index is 9.28. The fraction of sp³-hybridized carbons (Fsp3) is 0.250. The molecule has 0 radical (unpaired) electrons. The highest BCUT2D eigenvalue weighted by Crippen LogP contribution is 2.41. The molecular weight excluding hydrogens is 176 g/mol. The monoisotopic (exact) mass is 186 g/mol. The van der Waals surface area contributed by atoms with Crippen LogP contribution in [0.1, 0.15) is 5.56 Å². The first-order valence-corrected chi connectivity index (χ1v) is 4.59. The SMILES string of the molecule is CSc1cc(O)c(O)c(O)c1C. The summed E-state index contributed by atoms with van der Waals surface area (Å²) >= 11 is 1.40. The van der Waals surface area contributed by atoms with E-state index in [1.165, 1.54) is 17.8 Å². The van der Waals surface area contributed by atoms with Crippen molar-refractivity contribution in [2.75, 3.05) is 6.26 Å². The lowest BCUT2D eigenvalue weighted by Crippen LogP contribution is -1.81. The summed E-state index contributed by atoms with van der Waals surface area (Å²) in [6.07, 6.45) is 1.83. The summed E-state index contributed by atoms with van der Waals surface area (Å²) in [5.41, 5.74) is 0.581. The molecule has 3 N–H and O–H groups in total. The van der Waals surface area contributed by atoms with Crippen LogP contribution in [-0.2, 0) is 0 Å². The molecule has 0 bridgehead atoms. The van der Waals surface area contributed by atoms with Crippen LogP contribution in [0.5, 0.6) is 17.2 Å². The molecule has 0 aliphatic carbocycles. The summed E-state index contributed by atoms with van der Waals surface area (Å²) in [4.78, 5) is 0.753. The Labute approximate surface area is 74.7 Å². The third-order valence-electron chi connectivity index (χ3n) is 1.68. The quantitative estimate of drug-likeness (QED) is 0.462. The van der Waals surface area contributed by atoms with Crippen molar-refractivity contribution in [3.63, 3.8) is 0 Å². The van der Waals surface area contributed by atoms with Crippen molar-refractivity contribution < 1.29 is 15.3 Å². The second-order valence-corrected chi connectivity index (χ2v) is 3.27. The van der Waals surface area contributed by atoms with Crippen LogP contribution in [0, 0.1) is 6.92 Å². The summed E-state index contributed by atoms with van der Waals surface area (Å²) in [5.74, 6) is -0.993. The molecule has 3 nitrogen and oxygen atoms in total. The molecule has 0 atom stereocenters. The zero-order valence-electron chi connectivity index (χ0n) is 6.83. The van der Waals surface area contributed by atoms with E-state index in [1.54, 1.807) is 6.92 Å². The molecular formula is C8H10O3S. The van der Waals surface area contributed by atoms with Gasteiger partial charge in [-0.15, -0.1) is 11.8 Å². The second-order valence-electron chi connectivity index (χ2n) is 2.42. The lowest BCUT2D eigenvalue weighted by atomic mass is 10.2. The zero-order valence-corrected chi connectivity index (χ0v) is 7.64. The lowest BCUT2D eigenvalue weighted by molar-refractivity contribution is 0.364. The van der Waals surface area contributed by atoms with E-state index < -0.39 is 5.75 Å². The highest BCUT2D eigenvalue weighted by Gasteiger charge is 2.12. The van der Waals surface area contributed by atoms with Gasteiger partial charge in [-0.2, -0.15) is 0 Å². The average Bonchev–Trinajstić information content (AvgIpc) is 2.08. The maximum atomic E-state index is 9.28. The summed E-state index contributed by atoms with van der Waals surface area (Å²) < 4.78 is 0. The van der Waals surface area contributed by atoms with Gasteiger partial charge in [0.25, 0.3) is 0 Å². The van der Waals surface area contributed by atoms with Crippen LogP contribution in [0.4, 0.5) is 0 Å². The van der Waals surface area contributed by atoms with Crippen LogP contribution in [0.3, 0.4) is 0 Å². The van der Waals surface area contributed by atoms with Gasteiger partial charge in [-0.25, -0.2) is 0 Å². The molecule has 1 rings (SSSR count). The van der Waals surface area contributed by atoms with Gasteiger partial charge in [0.1, 0.15) is 0 Å². The Morgan fingerprint density at radius 3 is 2.25 bits per heavy atom. The molecule has 0 amide bonds. The van der Waals surface area contributed by atoms with Gasteiger partial charge in [0.15, 0.2) is 11.5 Å². The molecule has 0 unspecified atom stereocenters. The average molecular weight is 186 g/mol. The van der Waals surface area contributed by atoms with Crippen LogP contribution >= 0.6 is 11.8 Å². The minimum absolute atomic E-state index is 0.251. The Morgan fingerprint density at radius 2 is 1.75 bits per heavy atom. The minimum Gasteiger partial charge on any atom is -0.504 e. The molecule has 0 aliphatic rings. The van der Waals surface area contributed by atoms with Crippen molar-refractivity contribution in [1.82, 2.24) is 0 Å². The first kappa shape index (κ1) is 9.06. The van der Waals surface area contributed by atoms with E-state index in [1.807, 2.05) is 6.26 Å². The van der Waals surface area contributed by atoms with Gasteiger partial charge >= 0.3 is 0 Å². The zero-order chi connectivity index (χ0) is 9.30. The van der Waals surface area contributed by atoms with Crippen LogP contribution in [0.15, 0.2) is 11.0 Å². The third-order valence-corrected chi connectivity index (χ3v) is 2.54. The second kappa shape index (κ2) is 3.15. The highest BCUT2D eigenvalue weighted by atomic mass is 32.2. The Morgan fingerprint density at radius 1 is 1.17 bits per heavy atom. The number of phenolic OH excluding ortho intramolecular Hbond substituents is 3. The van der Waals surface area contributed by atoms with E-state index in [0.29, 0.717) is 5.56 Å². The van der Waals surface area contributed by atoms with Crippen molar-refractivity contribution in [3.8, 4) is 17.2 Å². The number of hydrogen-bond donors (Lipinski definition) is 3. The summed E-state index contributed by atoms with van der Waals surface area (Å²) in [6.45, 7) is 1.68. The summed E-state index contributed by atoms with van der Waals surface area (Å²) in [5, 5.41) is 27.5. The molecule has 66 valence electrons. The van der Waals surface area contributed by atoms with Gasteiger partial charge in [0, 0.05) is 10.5 Å². The first-order chi connectivity index (χ1) is 5.57. The predicted molar refractivity (Wildman–Crippen MR) is 48.0 cm³/mol. The van der Waals surface area contributed by atoms with Crippen molar-refractivity contribution in [2.45, 2.75) is 11.8 Å². The van der Waals surface area contributed by atoms with E-state index in [-0.39, 0.29) is 11.5 Å². The maximum Gasteiger partial charge on any atom is 0.200 e. The molecule has 0 saturated carbocycles. The van der Waals surface area contributed by atoms with Gasteiger partial charge < -0.3 is 15.3 Å². The molecule has 0 aliphatic heterocycles. The minimum atomic E-state index is -0.453. The summed E-state index contributed by atoms with van der Waals surface area (Å²) in [6, 6.07) is 1.43. The molecule has 0 spiro atoms. The van der Waals surface area contributed by atoms with Crippen LogP contribution < -0.4 is 0 Å². The van der Waals surface area contributed by atoms with Crippen molar-refractivity contribution >= 4 is 11.8 Å². The van der Waals surface area contributed by atoms with E-state index in [9.17, 15) is 5.11 Å². The molecule has 0 aromatic heterocycles. The Balaban J connectivity index is 3.39. The van der Waals surface area contributed by atoms with Crippen LogP contribution in [0.25, 0.3) is 0 Å². The molecule has 4 heteroatoms. The molecule has 0 saturated heterocycles. The van der Waals surface area contributed by atoms with E-state index >= 15 is 0 Å². The van der Waals surface area contributed by atoms with E-state index in [4.69, 9.17) is 10.2 Å². The van der Waals surface area contributed by atoms with Crippen molar-refractivity contribution in [1.29, 1.82) is 0 Å². The predicted octanol–water partition coefficient (Wildman–Crippen LogP) is 1.83. The van der Waals surface area contributed by atoms with Crippen molar-refractivity contribution in [2.24, 2.45) is 0 Å². The number of phenols is 3. The topological polar surface area (TPSA) is 60.7 Å². The molecule has 0 fully saturated rings. The van der Waals surface area contributed by atoms with Gasteiger partial charge in [0.2, 0.25) is 5.75 Å². The standard InChI is InChI=1S/C8H10O3S/c1-4-6(12-2)3-5(9)8(11)7(4)10/h3,9-11H,1-2H3. The first-order valence-electron chi connectivity index (χ1n) is 3.36.